The molecule has 0 aliphatic heterocycles. The molecule has 0 saturated heterocycles. The first kappa shape index (κ1) is 15.7. The van der Waals surface area contributed by atoms with Crippen molar-refractivity contribution in [1.82, 2.24) is 9.78 Å². The molecule has 7 heteroatoms. The molecule has 0 saturated carbocycles. The van der Waals surface area contributed by atoms with Crippen molar-refractivity contribution < 1.29 is 9.00 Å². The highest BCUT2D eigenvalue weighted by Crippen LogP contribution is 2.22. The standard InChI is InChI=1S/C14H16ClN3O2S/c1-10(18-7-3-6-16-18)14(19)17-12-4-5-13(15)11(8-12)9-21(2)20/h3-8,10H,9H2,1-2H3,(H,17,19)/t10-,21+/m0/s1. The Morgan fingerprint density at radius 3 is 2.90 bits per heavy atom. The lowest BCUT2D eigenvalue weighted by Crippen LogP contribution is -2.24. The van der Waals surface area contributed by atoms with Crippen molar-refractivity contribution in [3.63, 3.8) is 0 Å². The Morgan fingerprint density at radius 2 is 2.29 bits per heavy atom. The number of anilines is 1. The summed E-state index contributed by atoms with van der Waals surface area (Å²) >= 11 is 6.06. The zero-order valence-electron chi connectivity index (χ0n) is 11.7. The van der Waals surface area contributed by atoms with Crippen molar-refractivity contribution in [3.8, 4) is 0 Å². The number of hydrogen-bond acceptors (Lipinski definition) is 3. The molecule has 2 atom stereocenters. The Hall–Kier alpha value is -1.66. The van der Waals surface area contributed by atoms with E-state index in [1.54, 1.807) is 54.5 Å². The fourth-order valence-electron chi connectivity index (χ4n) is 1.86. The van der Waals surface area contributed by atoms with Gasteiger partial charge in [-0.05, 0) is 36.8 Å². The number of halogens is 1. The van der Waals surface area contributed by atoms with Crippen LogP contribution in [0.25, 0.3) is 0 Å². The summed E-state index contributed by atoms with van der Waals surface area (Å²) in [5.41, 5.74) is 1.38. The van der Waals surface area contributed by atoms with Crippen LogP contribution in [-0.2, 0) is 21.3 Å². The largest absolute Gasteiger partial charge is 0.324 e. The van der Waals surface area contributed by atoms with Gasteiger partial charge in [0.1, 0.15) is 6.04 Å². The van der Waals surface area contributed by atoms with Gasteiger partial charge < -0.3 is 5.32 Å². The number of rotatable bonds is 5. The SMILES string of the molecule is C[C@@H](C(=O)Nc1ccc(Cl)c(C[S@@](C)=O)c1)n1cccn1. The number of carbonyl (C=O) groups is 1. The summed E-state index contributed by atoms with van der Waals surface area (Å²) < 4.78 is 12.9. The van der Waals surface area contributed by atoms with E-state index in [0.29, 0.717) is 16.5 Å². The number of aromatic nitrogens is 2. The molecule has 0 bridgehead atoms. The predicted octanol–water partition coefficient (Wildman–Crippen LogP) is 2.61. The van der Waals surface area contributed by atoms with Gasteiger partial charge in [-0.15, -0.1) is 0 Å². The lowest BCUT2D eigenvalue weighted by Gasteiger charge is -2.13. The molecular formula is C14H16ClN3O2S. The maximum Gasteiger partial charge on any atom is 0.248 e. The zero-order valence-corrected chi connectivity index (χ0v) is 13.3. The zero-order chi connectivity index (χ0) is 15.4. The quantitative estimate of drug-likeness (QED) is 0.919. The second kappa shape index (κ2) is 6.87. The lowest BCUT2D eigenvalue weighted by atomic mass is 10.2. The maximum atomic E-state index is 12.2. The predicted molar refractivity (Wildman–Crippen MR) is 84.8 cm³/mol. The van der Waals surface area contributed by atoms with Gasteiger partial charge >= 0.3 is 0 Å². The van der Waals surface area contributed by atoms with E-state index < -0.39 is 16.8 Å². The minimum atomic E-state index is -0.992. The molecule has 5 nitrogen and oxygen atoms in total. The van der Waals surface area contributed by atoms with Gasteiger partial charge in [0.25, 0.3) is 0 Å². The normalized spacial score (nSPS) is 13.7. The maximum absolute atomic E-state index is 12.2. The van der Waals surface area contributed by atoms with Crippen molar-refractivity contribution >= 4 is 34.0 Å². The van der Waals surface area contributed by atoms with Crippen LogP contribution < -0.4 is 5.32 Å². The van der Waals surface area contributed by atoms with E-state index in [2.05, 4.69) is 10.4 Å². The van der Waals surface area contributed by atoms with Gasteiger partial charge in [-0.2, -0.15) is 5.10 Å². The Balaban J connectivity index is 2.12. The second-order valence-electron chi connectivity index (χ2n) is 4.68. The van der Waals surface area contributed by atoms with Gasteiger partial charge in [0.15, 0.2) is 0 Å². The van der Waals surface area contributed by atoms with Gasteiger partial charge in [-0.25, -0.2) is 0 Å². The molecule has 1 amide bonds. The molecule has 1 heterocycles. The van der Waals surface area contributed by atoms with Gasteiger partial charge in [0, 0.05) is 45.9 Å². The second-order valence-corrected chi connectivity index (χ2v) is 6.52. The molecule has 2 aromatic rings. The van der Waals surface area contributed by atoms with Crippen molar-refractivity contribution in [2.24, 2.45) is 0 Å². The molecule has 1 aromatic carbocycles. The van der Waals surface area contributed by atoms with E-state index >= 15 is 0 Å². The number of nitrogens with one attached hydrogen (secondary N) is 1. The van der Waals surface area contributed by atoms with Gasteiger partial charge in [-0.3, -0.25) is 13.7 Å². The Kier molecular flexibility index (Phi) is 5.14. The molecule has 0 fully saturated rings. The summed E-state index contributed by atoms with van der Waals surface area (Å²) in [6, 6.07) is 6.51. The topological polar surface area (TPSA) is 64.0 Å². The molecule has 21 heavy (non-hydrogen) atoms. The highest BCUT2D eigenvalue weighted by molar-refractivity contribution is 7.83. The number of hydrogen-bond donors (Lipinski definition) is 1. The minimum absolute atomic E-state index is 0.176. The summed E-state index contributed by atoms with van der Waals surface area (Å²) in [6.07, 6.45) is 4.97. The number of nitrogens with zero attached hydrogens (tertiary/aromatic N) is 2. The van der Waals surface area contributed by atoms with E-state index in [4.69, 9.17) is 11.6 Å². The third-order valence-electron chi connectivity index (χ3n) is 2.97. The minimum Gasteiger partial charge on any atom is -0.324 e. The van der Waals surface area contributed by atoms with Crippen molar-refractivity contribution in [2.45, 2.75) is 18.7 Å². The fourth-order valence-corrected chi connectivity index (χ4v) is 2.80. The molecule has 0 radical (unpaired) electrons. The van der Waals surface area contributed by atoms with Gasteiger partial charge in [0.05, 0.1) is 0 Å². The monoisotopic (exact) mass is 325 g/mol. The van der Waals surface area contributed by atoms with E-state index in [0.717, 1.165) is 5.56 Å². The van der Waals surface area contributed by atoms with E-state index in [-0.39, 0.29) is 5.91 Å². The average molecular weight is 326 g/mol. The van der Waals surface area contributed by atoms with Crippen LogP contribution in [0.5, 0.6) is 0 Å². The summed E-state index contributed by atoms with van der Waals surface area (Å²) in [4.78, 5) is 12.2. The fraction of sp³-hybridized carbons (Fsp3) is 0.286. The van der Waals surface area contributed by atoms with Crippen molar-refractivity contribution in [1.29, 1.82) is 0 Å². The third kappa shape index (κ3) is 4.15. The first-order valence-electron chi connectivity index (χ1n) is 6.36. The molecule has 0 unspecified atom stereocenters. The molecule has 0 aliphatic carbocycles. The molecule has 112 valence electrons. The van der Waals surface area contributed by atoms with Crippen LogP contribution in [0.1, 0.15) is 18.5 Å². The van der Waals surface area contributed by atoms with Crippen LogP contribution in [0.3, 0.4) is 0 Å². The van der Waals surface area contributed by atoms with Crippen LogP contribution in [0.15, 0.2) is 36.7 Å². The van der Waals surface area contributed by atoms with Crippen LogP contribution >= 0.6 is 11.6 Å². The van der Waals surface area contributed by atoms with Crippen molar-refractivity contribution in [2.75, 3.05) is 11.6 Å². The summed E-state index contributed by atoms with van der Waals surface area (Å²) in [5, 5.41) is 7.40. The third-order valence-corrected chi connectivity index (χ3v) is 4.06. The average Bonchev–Trinajstić information content (AvgIpc) is 2.95. The summed E-state index contributed by atoms with van der Waals surface area (Å²) in [5.74, 6) is 0.182. The lowest BCUT2D eigenvalue weighted by molar-refractivity contribution is -0.119. The van der Waals surface area contributed by atoms with E-state index in [1.807, 2.05) is 0 Å². The molecule has 0 spiro atoms. The Labute approximate surface area is 130 Å². The molecule has 1 aromatic heterocycles. The Morgan fingerprint density at radius 1 is 1.52 bits per heavy atom. The van der Waals surface area contributed by atoms with Crippen LogP contribution in [0.4, 0.5) is 5.69 Å². The van der Waals surface area contributed by atoms with E-state index in [1.165, 1.54) is 0 Å². The highest BCUT2D eigenvalue weighted by atomic mass is 35.5. The smallest absolute Gasteiger partial charge is 0.248 e. The molecular weight excluding hydrogens is 310 g/mol. The highest BCUT2D eigenvalue weighted by Gasteiger charge is 2.15. The first-order valence-corrected chi connectivity index (χ1v) is 8.46. The number of carbonyl (C=O) groups excluding carboxylic acids is 1. The number of amides is 1. The summed E-state index contributed by atoms with van der Waals surface area (Å²) in [7, 11) is -0.992. The molecule has 2 rings (SSSR count). The van der Waals surface area contributed by atoms with Crippen molar-refractivity contribution in [3.05, 3.63) is 47.2 Å². The first-order chi connectivity index (χ1) is 9.97. The van der Waals surface area contributed by atoms with Crippen LogP contribution in [-0.4, -0.2) is 26.2 Å². The van der Waals surface area contributed by atoms with E-state index in [9.17, 15) is 9.00 Å². The number of benzene rings is 1. The Bertz CT molecular complexity index is 658. The molecule has 0 aliphatic rings. The summed E-state index contributed by atoms with van der Waals surface area (Å²) in [6.45, 7) is 1.76. The molecule has 1 N–H and O–H groups in total. The van der Waals surface area contributed by atoms with Crippen LogP contribution in [0.2, 0.25) is 5.02 Å². The van der Waals surface area contributed by atoms with Crippen LogP contribution in [0, 0.1) is 0 Å². The van der Waals surface area contributed by atoms with Gasteiger partial charge in [0.2, 0.25) is 5.91 Å². The van der Waals surface area contributed by atoms with Gasteiger partial charge in [-0.1, -0.05) is 11.6 Å².